The van der Waals surface area contributed by atoms with Crippen molar-refractivity contribution in [3.8, 4) is 0 Å². The van der Waals surface area contributed by atoms with E-state index in [4.69, 9.17) is 0 Å². The Morgan fingerprint density at radius 3 is 2.60 bits per heavy atom. The molecule has 1 aromatic rings. The van der Waals surface area contributed by atoms with E-state index in [0.29, 0.717) is 0 Å². The van der Waals surface area contributed by atoms with Crippen molar-refractivity contribution in [2.75, 3.05) is 5.33 Å². The van der Waals surface area contributed by atoms with Crippen molar-refractivity contribution in [1.29, 1.82) is 0 Å². The minimum absolute atomic E-state index is 0.0353. The average molecular weight is 290 g/mol. The van der Waals surface area contributed by atoms with E-state index in [9.17, 15) is 4.79 Å². The van der Waals surface area contributed by atoms with Gasteiger partial charge in [0.05, 0.1) is 4.88 Å². The smallest absolute Gasteiger partial charge is 0.261 e. The lowest BCUT2D eigenvalue weighted by molar-refractivity contribution is 0.0908. The number of hydrogen-bond donors (Lipinski definition) is 1. The first-order chi connectivity index (χ1) is 7.17. The number of hydrogen-bond acceptors (Lipinski definition) is 2. The first-order valence-electron chi connectivity index (χ1n) is 5.09. The number of rotatable bonds is 5. The first-order valence-corrected chi connectivity index (χ1v) is 7.09. The largest absolute Gasteiger partial charge is 0.345 e. The number of alkyl halides is 1. The maximum Gasteiger partial charge on any atom is 0.261 e. The van der Waals surface area contributed by atoms with Crippen LogP contribution in [0.4, 0.5) is 0 Å². The molecule has 1 N–H and O–H groups in total. The van der Waals surface area contributed by atoms with Gasteiger partial charge in [-0.05, 0) is 24.3 Å². The summed E-state index contributed by atoms with van der Waals surface area (Å²) in [5, 5.41) is 5.82. The zero-order chi connectivity index (χ0) is 11.3. The van der Waals surface area contributed by atoms with Crippen molar-refractivity contribution in [2.45, 2.75) is 32.2 Å². The predicted molar refractivity (Wildman–Crippen MR) is 68.9 cm³/mol. The molecule has 1 heterocycles. The maximum absolute atomic E-state index is 11.9. The van der Waals surface area contributed by atoms with Gasteiger partial charge in [0.1, 0.15) is 0 Å². The molecule has 0 radical (unpaired) electrons. The van der Waals surface area contributed by atoms with Crippen LogP contribution < -0.4 is 5.32 Å². The summed E-state index contributed by atoms with van der Waals surface area (Å²) in [6, 6.07) is 3.75. The second-order valence-electron chi connectivity index (χ2n) is 3.55. The van der Waals surface area contributed by atoms with Gasteiger partial charge in [0, 0.05) is 10.9 Å². The van der Waals surface area contributed by atoms with E-state index >= 15 is 0 Å². The summed E-state index contributed by atoms with van der Waals surface area (Å²) in [5.74, 6) is 0.0353. The summed E-state index contributed by atoms with van der Waals surface area (Å²) in [7, 11) is 0. The summed E-state index contributed by atoms with van der Waals surface area (Å²) in [4.78, 5) is 12.7. The third-order valence-corrected chi connectivity index (χ3v) is 4.68. The molecule has 0 spiro atoms. The highest BCUT2D eigenvalue weighted by Gasteiger charge is 2.27. The van der Waals surface area contributed by atoms with Gasteiger partial charge in [0.15, 0.2) is 0 Å². The van der Waals surface area contributed by atoms with Crippen molar-refractivity contribution < 1.29 is 4.79 Å². The van der Waals surface area contributed by atoms with Gasteiger partial charge in [-0.2, -0.15) is 0 Å². The van der Waals surface area contributed by atoms with Crippen LogP contribution in [-0.2, 0) is 0 Å². The van der Waals surface area contributed by atoms with Crippen LogP contribution in [0.5, 0.6) is 0 Å². The molecule has 0 fully saturated rings. The first kappa shape index (κ1) is 12.7. The third kappa shape index (κ3) is 3.05. The van der Waals surface area contributed by atoms with Gasteiger partial charge >= 0.3 is 0 Å². The minimum atomic E-state index is -0.110. The summed E-state index contributed by atoms with van der Waals surface area (Å²) in [6.07, 6.45) is 1.87. The molecule has 0 aliphatic heterocycles. The van der Waals surface area contributed by atoms with E-state index in [1.165, 1.54) is 11.3 Å². The van der Waals surface area contributed by atoms with E-state index in [1.54, 1.807) is 0 Å². The summed E-state index contributed by atoms with van der Waals surface area (Å²) in [5.41, 5.74) is -0.110. The summed E-state index contributed by atoms with van der Waals surface area (Å²) in [6.45, 7) is 4.19. The second kappa shape index (κ2) is 5.66. The summed E-state index contributed by atoms with van der Waals surface area (Å²) < 4.78 is 0. The quantitative estimate of drug-likeness (QED) is 0.827. The van der Waals surface area contributed by atoms with Crippen LogP contribution in [0.25, 0.3) is 0 Å². The minimum Gasteiger partial charge on any atom is -0.345 e. The number of nitrogens with one attached hydrogen (secondary N) is 1. The van der Waals surface area contributed by atoms with Gasteiger partial charge in [0.2, 0.25) is 0 Å². The molecule has 0 saturated carbocycles. The Labute approximate surface area is 103 Å². The second-order valence-corrected chi connectivity index (χ2v) is 5.06. The van der Waals surface area contributed by atoms with Crippen molar-refractivity contribution in [3.63, 3.8) is 0 Å². The van der Waals surface area contributed by atoms with Crippen LogP contribution >= 0.6 is 27.3 Å². The molecule has 0 bridgehead atoms. The lowest BCUT2D eigenvalue weighted by Crippen LogP contribution is -2.48. The molecule has 1 amide bonds. The summed E-state index contributed by atoms with van der Waals surface area (Å²) >= 11 is 4.95. The normalized spacial score (nSPS) is 11.4. The average Bonchev–Trinajstić information content (AvgIpc) is 2.79. The lowest BCUT2D eigenvalue weighted by atomic mass is 9.95. The van der Waals surface area contributed by atoms with Crippen LogP contribution in [-0.4, -0.2) is 16.8 Å². The molecular formula is C11H16BrNOS. The van der Waals surface area contributed by atoms with Gasteiger partial charge in [0.25, 0.3) is 5.91 Å². The fourth-order valence-electron chi connectivity index (χ4n) is 1.36. The van der Waals surface area contributed by atoms with Crippen molar-refractivity contribution >= 4 is 33.2 Å². The van der Waals surface area contributed by atoms with Crippen molar-refractivity contribution in [2.24, 2.45) is 0 Å². The Morgan fingerprint density at radius 1 is 1.53 bits per heavy atom. The van der Waals surface area contributed by atoms with Crippen molar-refractivity contribution in [1.82, 2.24) is 5.32 Å². The number of thiophene rings is 1. The Kier molecular flexibility index (Phi) is 4.80. The number of carbonyl (C=O) groups is 1. The molecule has 84 valence electrons. The highest BCUT2D eigenvalue weighted by atomic mass is 79.9. The molecule has 0 aliphatic rings. The Hall–Kier alpha value is -0.350. The van der Waals surface area contributed by atoms with E-state index in [0.717, 1.165) is 23.0 Å². The van der Waals surface area contributed by atoms with Crippen LogP contribution in [0.2, 0.25) is 0 Å². The molecule has 0 saturated heterocycles. The van der Waals surface area contributed by atoms with Crippen LogP contribution in [0.3, 0.4) is 0 Å². The standard InChI is InChI=1S/C11H16BrNOS/c1-3-11(4-2,8-12)13-10(14)9-6-5-7-15-9/h5-7H,3-4,8H2,1-2H3,(H,13,14). The van der Waals surface area contributed by atoms with Gasteiger partial charge < -0.3 is 5.32 Å². The zero-order valence-corrected chi connectivity index (χ0v) is 11.5. The lowest BCUT2D eigenvalue weighted by Gasteiger charge is -2.30. The third-order valence-electron chi connectivity index (χ3n) is 2.73. The van der Waals surface area contributed by atoms with Crippen molar-refractivity contribution in [3.05, 3.63) is 22.4 Å². The van der Waals surface area contributed by atoms with Gasteiger partial charge in [-0.25, -0.2) is 0 Å². The topological polar surface area (TPSA) is 29.1 Å². The molecular weight excluding hydrogens is 274 g/mol. The number of carbonyl (C=O) groups excluding carboxylic acids is 1. The van der Waals surface area contributed by atoms with E-state index in [1.807, 2.05) is 17.5 Å². The molecule has 0 aromatic carbocycles. The molecule has 2 nitrogen and oxygen atoms in total. The molecule has 0 atom stereocenters. The molecule has 4 heteroatoms. The Morgan fingerprint density at radius 2 is 2.20 bits per heavy atom. The van der Waals surface area contributed by atoms with Crippen LogP contribution in [0.15, 0.2) is 17.5 Å². The Balaban J connectivity index is 2.71. The maximum atomic E-state index is 11.9. The van der Waals surface area contributed by atoms with Gasteiger partial charge in [-0.3, -0.25) is 4.79 Å². The van der Waals surface area contributed by atoms with Crippen LogP contribution in [0.1, 0.15) is 36.4 Å². The highest BCUT2D eigenvalue weighted by molar-refractivity contribution is 9.09. The predicted octanol–water partition coefficient (Wildman–Crippen LogP) is 3.43. The van der Waals surface area contributed by atoms with Gasteiger partial charge in [-0.15, -0.1) is 11.3 Å². The fourth-order valence-corrected chi connectivity index (χ4v) is 2.91. The van der Waals surface area contributed by atoms with E-state index < -0.39 is 0 Å². The van der Waals surface area contributed by atoms with Gasteiger partial charge in [-0.1, -0.05) is 35.8 Å². The molecule has 15 heavy (non-hydrogen) atoms. The van der Waals surface area contributed by atoms with E-state index in [-0.39, 0.29) is 11.4 Å². The SMILES string of the molecule is CCC(CC)(CBr)NC(=O)c1cccs1. The fraction of sp³-hybridized carbons (Fsp3) is 0.545. The zero-order valence-electron chi connectivity index (χ0n) is 9.05. The highest BCUT2D eigenvalue weighted by Crippen LogP contribution is 2.19. The molecule has 0 unspecified atom stereocenters. The molecule has 1 aromatic heterocycles. The molecule has 1 rings (SSSR count). The Bertz CT molecular complexity index is 298. The monoisotopic (exact) mass is 289 g/mol. The molecule has 0 aliphatic carbocycles. The van der Waals surface area contributed by atoms with E-state index in [2.05, 4.69) is 35.1 Å². The number of amides is 1. The number of halogens is 1. The van der Waals surface area contributed by atoms with Crippen LogP contribution in [0, 0.1) is 0 Å².